The number of rotatable bonds is 6. The van der Waals surface area contributed by atoms with Crippen molar-refractivity contribution in [2.45, 2.75) is 26.3 Å². The van der Waals surface area contributed by atoms with Gasteiger partial charge >= 0.3 is 0 Å². The van der Waals surface area contributed by atoms with E-state index < -0.39 is 0 Å². The van der Waals surface area contributed by atoms with E-state index in [2.05, 4.69) is 36.5 Å². The third-order valence-electron chi connectivity index (χ3n) is 3.56. The minimum atomic E-state index is 0.173. The Bertz CT molecular complexity index is 580. The Morgan fingerprint density at radius 2 is 1.76 bits per heavy atom. The van der Waals surface area contributed by atoms with Gasteiger partial charge in [0.1, 0.15) is 5.75 Å². The van der Waals surface area contributed by atoms with Gasteiger partial charge in [0.15, 0.2) is 0 Å². The second-order valence-corrected chi connectivity index (χ2v) is 5.58. The van der Waals surface area contributed by atoms with E-state index in [1.165, 1.54) is 11.1 Å². The lowest BCUT2D eigenvalue weighted by molar-refractivity contribution is 0.414. The van der Waals surface area contributed by atoms with Gasteiger partial charge in [-0.3, -0.25) is 0 Å². The Labute approximate surface area is 132 Å². The van der Waals surface area contributed by atoms with Crippen LogP contribution >= 0.6 is 11.6 Å². The molecule has 2 aromatic carbocycles. The molecule has 0 heterocycles. The Morgan fingerprint density at radius 1 is 1.10 bits per heavy atom. The van der Waals surface area contributed by atoms with Crippen LogP contribution in [0.4, 0.5) is 0 Å². The molecule has 0 aliphatic heterocycles. The molecule has 0 spiro atoms. The molecule has 0 bridgehead atoms. The predicted molar refractivity (Wildman–Crippen MR) is 89.3 cm³/mol. The zero-order valence-electron chi connectivity index (χ0n) is 12.8. The number of ether oxygens (including phenoxy) is 1. The molecule has 21 heavy (non-hydrogen) atoms. The Kier molecular flexibility index (Phi) is 5.66. The van der Waals surface area contributed by atoms with Gasteiger partial charge in [0, 0.05) is 5.02 Å². The molecule has 1 N–H and O–H groups in total. The summed E-state index contributed by atoms with van der Waals surface area (Å²) >= 11 is 6.14. The van der Waals surface area contributed by atoms with Crippen LogP contribution in [0.25, 0.3) is 0 Å². The number of hydrogen-bond acceptors (Lipinski definition) is 2. The van der Waals surface area contributed by atoms with Crippen LogP contribution < -0.4 is 10.1 Å². The van der Waals surface area contributed by atoms with Crippen LogP contribution in [0.5, 0.6) is 5.75 Å². The average Bonchev–Trinajstić information content (AvgIpc) is 2.51. The van der Waals surface area contributed by atoms with Crippen LogP contribution in [-0.2, 0) is 0 Å². The lowest BCUT2D eigenvalue weighted by atomic mass is 9.97. The van der Waals surface area contributed by atoms with E-state index in [4.69, 9.17) is 16.3 Å². The van der Waals surface area contributed by atoms with Crippen LogP contribution in [0.1, 0.15) is 36.1 Å². The molecule has 0 saturated carbocycles. The maximum Gasteiger partial charge on any atom is 0.118 e. The molecule has 0 radical (unpaired) electrons. The number of nitrogens with one attached hydrogen (secondary N) is 1. The van der Waals surface area contributed by atoms with E-state index in [-0.39, 0.29) is 6.04 Å². The average molecular weight is 304 g/mol. The normalized spacial score (nSPS) is 12.2. The summed E-state index contributed by atoms with van der Waals surface area (Å²) in [6.07, 6.45) is 1.10. The summed E-state index contributed by atoms with van der Waals surface area (Å²) in [5, 5.41) is 4.41. The minimum Gasteiger partial charge on any atom is -0.497 e. The molecule has 2 nitrogen and oxygen atoms in total. The van der Waals surface area contributed by atoms with Crippen molar-refractivity contribution >= 4 is 11.6 Å². The third-order valence-corrected chi connectivity index (χ3v) is 3.99. The zero-order chi connectivity index (χ0) is 15.2. The van der Waals surface area contributed by atoms with E-state index in [9.17, 15) is 0 Å². The van der Waals surface area contributed by atoms with Crippen LogP contribution in [0.15, 0.2) is 42.5 Å². The summed E-state index contributed by atoms with van der Waals surface area (Å²) in [6, 6.07) is 14.6. The van der Waals surface area contributed by atoms with E-state index >= 15 is 0 Å². The van der Waals surface area contributed by atoms with Gasteiger partial charge in [-0.25, -0.2) is 0 Å². The molecule has 0 aliphatic rings. The maximum atomic E-state index is 6.14. The highest BCUT2D eigenvalue weighted by atomic mass is 35.5. The van der Waals surface area contributed by atoms with Gasteiger partial charge < -0.3 is 10.1 Å². The van der Waals surface area contributed by atoms with Gasteiger partial charge in [-0.1, -0.05) is 42.8 Å². The first kappa shape index (κ1) is 15.9. The van der Waals surface area contributed by atoms with Crippen molar-refractivity contribution in [1.82, 2.24) is 5.32 Å². The number of hydrogen-bond donors (Lipinski definition) is 1. The molecule has 0 aromatic heterocycles. The maximum absolute atomic E-state index is 6.14. The first-order valence-electron chi connectivity index (χ1n) is 7.29. The molecule has 0 aliphatic carbocycles. The van der Waals surface area contributed by atoms with Crippen molar-refractivity contribution in [3.63, 3.8) is 0 Å². The standard InChI is InChI=1S/C18H22ClNO/c1-4-11-20-18(14-5-8-16(21-3)9-6-14)15-7-10-17(19)13(2)12-15/h5-10,12,18,20H,4,11H2,1-3H3. The van der Waals surface area contributed by atoms with E-state index in [1.807, 2.05) is 25.1 Å². The second kappa shape index (κ2) is 7.48. The summed E-state index contributed by atoms with van der Waals surface area (Å²) < 4.78 is 5.23. The first-order valence-corrected chi connectivity index (χ1v) is 7.67. The molecule has 0 saturated heterocycles. The quantitative estimate of drug-likeness (QED) is 0.832. The van der Waals surface area contributed by atoms with Gasteiger partial charge in [-0.2, -0.15) is 0 Å². The molecule has 112 valence electrons. The summed E-state index contributed by atoms with van der Waals surface area (Å²) in [5.74, 6) is 0.875. The molecule has 3 heteroatoms. The summed E-state index contributed by atoms with van der Waals surface area (Å²) in [7, 11) is 1.68. The number of methoxy groups -OCH3 is 1. The fraction of sp³-hybridized carbons (Fsp3) is 0.333. The summed E-state index contributed by atoms with van der Waals surface area (Å²) in [6.45, 7) is 5.18. The van der Waals surface area contributed by atoms with Crippen molar-refractivity contribution in [2.24, 2.45) is 0 Å². The van der Waals surface area contributed by atoms with Crippen molar-refractivity contribution < 1.29 is 4.74 Å². The number of benzene rings is 2. The van der Waals surface area contributed by atoms with Crippen molar-refractivity contribution in [3.8, 4) is 5.75 Å². The monoisotopic (exact) mass is 303 g/mol. The lowest BCUT2D eigenvalue weighted by Crippen LogP contribution is -2.23. The van der Waals surface area contributed by atoms with Gasteiger partial charge in [-0.05, 0) is 54.8 Å². The molecule has 1 unspecified atom stereocenters. The number of aryl methyl sites for hydroxylation is 1. The van der Waals surface area contributed by atoms with Crippen LogP contribution in [0.3, 0.4) is 0 Å². The Hall–Kier alpha value is -1.51. The molecule has 2 rings (SSSR count). The highest BCUT2D eigenvalue weighted by Gasteiger charge is 2.14. The van der Waals surface area contributed by atoms with E-state index in [1.54, 1.807) is 7.11 Å². The smallest absolute Gasteiger partial charge is 0.118 e. The Morgan fingerprint density at radius 3 is 2.33 bits per heavy atom. The van der Waals surface area contributed by atoms with Crippen molar-refractivity contribution in [2.75, 3.05) is 13.7 Å². The predicted octanol–water partition coefficient (Wildman–Crippen LogP) is 4.75. The molecular formula is C18H22ClNO. The van der Waals surface area contributed by atoms with E-state index in [0.29, 0.717) is 0 Å². The van der Waals surface area contributed by atoms with Gasteiger partial charge in [0.05, 0.1) is 13.2 Å². The molecule has 0 fully saturated rings. The van der Waals surface area contributed by atoms with Gasteiger partial charge in [0.2, 0.25) is 0 Å². The molecule has 2 aromatic rings. The van der Waals surface area contributed by atoms with Crippen molar-refractivity contribution in [1.29, 1.82) is 0 Å². The lowest BCUT2D eigenvalue weighted by Gasteiger charge is -2.20. The summed E-state index contributed by atoms with van der Waals surface area (Å²) in [4.78, 5) is 0. The van der Waals surface area contributed by atoms with Gasteiger partial charge in [0.25, 0.3) is 0 Å². The molecule has 0 amide bonds. The fourth-order valence-electron chi connectivity index (χ4n) is 2.36. The summed E-state index contributed by atoms with van der Waals surface area (Å²) in [5.41, 5.74) is 3.56. The number of halogens is 1. The first-order chi connectivity index (χ1) is 10.2. The van der Waals surface area contributed by atoms with Crippen LogP contribution in [-0.4, -0.2) is 13.7 Å². The van der Waals surface area contributed by atoms with Gasteiger partial charge in [-0.15, -0.1) is 0 Å². The zero-order valence-corrected chi connectivity index (χ0v) is 13.6. The van der Waals surface area contributed by atoms with Crippen molar-refractivity contribution in [3.05, 3.63) is 64.2 Å². The molecular weight excluding hydrogens is 282 g/mol. The van der Waals surface area contributed by atoms with Crippen LogP contribution in [0, 0.1) is 6.92 Å². The topological polar surface area (TPSA) is 21.3 Å². The largest absolute Gasteiger partial charge is 0.497 e. The van der Waals surface area contributed by atoms with E-state index in [0.717, 1.165) is 29.3 Å². The highest BCUT2D eigenvalue weighted by Crippen LogP contribution is 2.27. The Balaban J connectivity index is 2.33. The van der Waals surface area contributed by atoms with Crippen LogP contribution in [0.2, 0.25) is 5.02 Å². The highest BCUT2D eigenvalue weighted by molar-refractivity contribution is 6.31. The molecule has 1 atom stereocenters. The second-order valence-electron chi connectivity index (χ2n) is 5.17. The third kappa shape index (κ3) is 3.99. The SMILES string of the molecule is CCCNC(c1ccc(OC)cc1)c1ccc(Cl)c(C)c1. The minimum absolute atomic E-state index is 0.173. The fourth-order valence-corrected chi connectivity index (χ4v) is 2.48.